The van der Waals surface area contributed by atoms with Crippen molar-refractivity contribution in [2.75, 3.05) is 0 Å². The largest absolute Gasteiger partial charge is 0.492 e. The van der Waals surface area contributed by atoms with Crippen LogP contribution in [0.1, 0.15) is 5.69 Å². The summed E-state index contributed by atoms with van der Waals surface area (Å²) in [5.41, 5.74) is -0.201. The van der Waals surface area contributed by atoms with Crippen molar-refractivity contribution in [2.45, 2.75) is 0 Å². The van der Waals surface area contributed by atoms with Crippen LogP contribution in [0, 0.1) is 11.3 Å². The molecule has 0 saturated carbocycles. The third-order valence-electron chi connectivity index (χ3n) is 0.778. The number of rotatable bonds is 0. The number of nitriles is 1. The number of aromatic hydroxyl groups is 2. The van der Waals surface area contributed by atoms with Gasteiger partial charge in [-0.05, 0) is 0 Å². The van der Waals surface area contributed by atoms with Crippen LogP contribution in [-0.2, 0) is 0 Å². The third-order valence-corrected chi connectivity index (χ3v) is 0.778. The molecule has 1 aromatic heterocycles. The molecule has 0 aliphatic rings. The number of H-pyrrole nitrogens is 1. The fourth-order valence-corrected chi connectivity index (χ4v) is 0.430. The number of aromatic amines is 1. The molecule has 0 aliphatic carbocycles. The quantitative estimate of drug-likeness (QED) is 0.443. The van der Waals surface area contributed by atoms with Gasteiger partial charge in [0.05, 0.1) is 0 Å². The lowest BCUT2D eigenvalue weighted by Gasteiger charge is -1.76. The van der Waals surface area contributed by atoms with E-state index < -0.39 is 11.9 Å². The van der Waals surface area contributed by atoms with E-state index in [1.165, 1.54) is 0 Å². The summed E-state index contributed by atoms with van der Waals surface area (Å²) in [7, 11) is 0. The molecule has 0 unspecified atom stereocenters. The summed E-state index contributed by atoms with van der Waals surface area (Å²) >= 11 is 0. The Morgan fingerprint density at radius 1 is 1.56 bits per heavy atom. The zero-order valence-corrected chi connectivity index (χ0v) is 4.29. The molecule has 1 rings (SSSR count). The van der Waals surface area contributed by atoms with Gasteiger partial charge in [-0.25, -0.2) is 0 Å². The lowest BCUT2D eigenvalue weighted by molar-refractivity contribution is 0.417. The molecule has 9 heavy (non-hydrogen) atoms. The average Bonchev–Trinajstić information content (AvgIpc) is 2.10. The number of hydrogen-bond acceptors (Lipinski definition) is 4. The zero-order valence-electron chi connectivity index (χ0n) is 4.29. The van der Waals surface area contributed by atoms with E-state index in [0.29, 0.717) is 0 Å². The van der Waals surface area contributed by atoms with Crippen molar-refractivity contribution >= 4 is 0 Å². The summed E-state index contributed by atoms with van der Waals surface area (Å²) < 4.78 is 0. The molecule has 0 bridgehead atoms. The first-order valence-corrected chi connectivity index (χ1v) is 2.12. The fourth-order valence-electron chi connectivity index (χ4n) is 0.430. The second-order valence-electron chi connectivity index (χ2n) is 1.37. The maximum absolute atomic E-state index is 8.63. The van der Waals surface area contributed by atoms with Crippen molar-refractivity contribution in [2.24, 2.45) is 0 Å². The van der Waals surface area contributed by atoms with Crippen molar-refractivity contribution < 1.29 is 10.2 Å². The predicted molar refractivity (Wildman–Crippen MR) is 26.6 cm³/mol. The Labute approximate surface area is 50.2 Å². The highest BCUT2D eigenvalue weighted by molar-refractivity contribution is 5.32. The normalized spacial score (nSPS) is 8.78. The van der Waals surface area contributed by atoms with Gasteiger partial charge >= 0.3 is 0 Å². The molecule has 5 nitrogen and oxygen atoms in total. The van der Waals surface area contributed by atoms with Crippen molar-refractivity contribution in [3.63, 3.8) is 0 Å². The summed E-state index contributed by atoms with van der Waals surface area (Å²) in [6.45, 7) is 0. The van der Waals surface area contributed by atoms with E-state index in [1.54, 1.807) is 6.07 Å². The first-order chi connectivity index (χ1) is 4.24. The second kappa shape index (κ2) is 1.67. The Morgan fingerprint density at radius 2 is 2.22 bits per heavy atom. The van der Waals surface area contributed by atoms with Gasteiger partial charge in [-0.3, -0.25) is 4.98 Å². The first-order valence-electron chi connectivity index (χ1n) is 2.12. The number of nitrogens with zero attached hydrogens (tertiary/aromatic N) is 2. The lowest BCUT2D eigenvalue weighted by atomic mass is 10.5. The van der Waals surface area contributed by atoms with Gasteiger partial charge in [0.25, 0.3) is 6.01 Å². The van der Waals surface area contributed by atoms with Gasteiger partial charge in [0.15, 0.2) is 0 Å². The van der Waals surface area contributed by atoms with Crippen LogP contribution in [-0.4, -0.2) is 20.2 Å². The van der Waals surface area contributed by atoms with Crippen LogP contribution in [0.2, 0.25) is 0 Å². The van der Waals surface area contributed by atoms with Gasteiger partial charge in [-0.15, -0.1) is 0 Å². The molecule has 0 aromatic carbocycles. The second-order valence-corrected chi connectivity index (χ2v) is 1.37. The fraction of sp³-hybridized carbons (Fsp3) is 0. The van der Waals surface area contributed by atoms with Crippen molar-refractivity contribution in [1.82, 2.24) is 9.97 Å². The monoisotopic (exact) mass is 125 g/mol. The molecule has 0 atom stereocenters. The Morgan fingerprint density at radius 3 is 2.44 bits per heavy atom. The highest BCUT2D eigenvalue weighted by atomic mass is 16.3. The smallest absolute Gasteiger partial charge is 0.295 e. The van der Waals surface area contributed by atoms with Gasteiger partial charge in [-0.2, -0.15) is 10.2 Å². The summed E-state index contributed by atoms with van der Waals surface area (Å²) in [4.78, 5) is 5.25. The van der Waals surface area contributed by atoms with Gasteiger partial charge in [0, 0.05) is 0 Å². The van der Waals surface area contributed by atoms with E-state index in [0.717, 1.165) is 0 Å². The zero-order chi connectivity index (χ0) is 6.85. The van der Waals surface area contributed by atoms with Gasteiger partial charge in [-0.1, -0.05) is 0 Å². The molecule has 1 heterocycles. The maximum atomic E-state index is 8.63. The SMILES string of the molecule is N#Cc1nc(O)[nH]c1O. The van der Waals surface area contributed by atoms with E-state index in [9.17, 15) is 0 Å². The van der Waals surface area contributed by atoms with Crippen LogP contribution < -0.4 is 0 Å². The summed E-state index contributed by atoms with van der Waals surface area (Å²) in [5, 5.41) is 25.2. The minimum absolute atomic E-state index is 0.201. The third kappa shape index (κ3) is 0.770. The molecule has 5 heteroatoms. The molecular weight excluding hydrogens is 122 g/mol. The van der Waals surface area contributed by atoms with Gasteiger partial charge < -0.3 is 10.2 Å². The van der Waals surface area contributed by atoms with Crippen LogP contribution in [0.3, 0.4) is 0 Å². The van der Waals surface area contributed by atoms with Crippen molar-refractivity contribution in [3.05, 3.63) is 5.69 Å². The molecule has 0 saturated heterocycles. The maximum Gasteiger partial charge on any atom is 0.295 e. The van der Waals surface area contributed by atoms with Crippen LogP contribution in [0.5, 0.6) is 11.9 Å². The Hall–Kier alpha value is -1.70. The molecule has 0 amide bonds. The Kier molecular flexibility index (Phi) is 1.01. The predicted octanol–water partition coefficient (Wildman–Crippen LogP) is -0.307. The summed E-state index contributed by atoms with van der Waals surface area (Å²) in [6, 6.07) is 1.11. The van der Waals surface area contributed by atoms with Crippen molar-refractivity contribution in [3.8, 4) is 18.0 Å². The topological polar surface area (TPSA) is 92.9 Å². The molecule has 1 aromatic rings. The van der Waals surface area contributed by atoms with E-state index >= 15 is 0 Å². The number of hydrogen-bond donors (Lipinski definition) is 3. The Balaban J connectivity index is 3.20. The minimum atomic E-state index is -0.455. The molecule has 0 fully saturated rings. The van der Waals surface area contributed by atoms with Crippen molar-refractivity contribution in [1.29, 1.82) is 5.26 Å². The lowest BCUT2D eigenvalue weighted by Crippen LogP contribution is -1.69. The standard InChI is InChI=1S/C4H3N3O2/c5-1-2-3(8)7-4(9)6-2/h8H,(H2,6,7,9). The molecule has 3 N–H and O–H groups in total. The van der Waals surface area contributed by atoms with E-state index in [1.807, 2.05) is 4.98 Å². The highest BCUT2D eigenvalue weighted by Gasteiger charge is 2.04. The number of aromatic nitrogens is 2. The molecular formula is C4H3N3O2. The van der Waals surface area contributed by atoms with Crippen LogP contribution in [0.4, 0.5) is 0 Å². The van der Waals surface area contributed by atoms with E-state index in [-0.39, 0.29) is 5.69 Å². The Bertz CT molecular complexity index is 259. The van der Waals surface area contributed by atoms with Crippen LogP contribution >= 0.6 is 0 Å². The minimum Gasteiger partial charge on any atom is -0.492 e. The molecule has 46 valence electrons. The summed E-state index contributed by atoms with van der Waals surface area (Å²) in [6.07, 6.45) is 0. The number of imidazole rings is 1. The number of nitrogens with one attached hydrogen (secondary N) is 1. The van der Waals surface area contributed by atoms with E-state index in [4.69, 9.17) is 15.5 Å². The average molecular weight is 125 g/mol. The van der Waals surface area contributed by atoms with Crippen LogP contribution in [0.15, 0.2) is 0 Å². The van der Waals surface area contributed by atoms with Gasteiger partial charge in [0.1, 0.15) is 6.07 Å². The van der Waals surface area contributed by atoms with E-state index in [2.05, 4.69) is 4.98 Å². The molecule has 0 aliphatic heterocycles. The first kappa shape index (κ1) is 5.44. The summed E-state index contributed by atoms with van der Waals surface area (Å²) in [5.74, 6) is -0.407. The molecule has 0 spiro atoms. The van der Waals surface area contributed by atoms with Gasteiger partial charge in [0.2, 0.25) is 11.6 Å². The van der Waals surface area contributed by atoms with Crippen LogP contribution in [0.25, 0.3) is 0 Å². The molecule has 0 radical (unpaired) electrons. The highest BCUT2D eigenvalue weighted by Crippen LogP contribution is 2.14.